The Morgan fingerprint density at radius 3 is 2.36 bits per heavy atom. The van der Waals surface area contributed by atoms with Gasteiger partial charge in [-0.25, -0.2) is 13.1 Å². The van der Waals surface area contributed by atoms with Gasteiger partial charge >= 0.3 is 0 Å². The van der Waals surface area contributed by atoms with Crippen LogP contribution in [0.5, 0.6) is 5.75 Å². The normalized spacial score (nSPS) is 11.1. The fourth-order valence-corrected chi connectivity index (χ4v) is 3.20. The zero-order chi connectivity index (χ0) is 18.1. The number of sulfonamides is 1. The Labute approximate surface area is 148 Å². The number of carbonyl (C=O) groups is 1. The van der Waals surface area contributed by atoms with Crippen molar-refractivity contribution in [1.29, 1.82) is 0 Å². The topological polar surface area (TPSA) is 84.5 Å². The van der Waals surface area contributed by atoms with Crippen LogP contribution in [0.4, 0.5) is 0 Å². The molecule has 2 N–H and O–H groups in total. The highest BCUT2D eigenvalue weighted by Crippen LogP contribution is 2.15. The minimum atomic E-state index is -3.57. The van der Waals surface area contributed by atoms with Crippen LogP contribution in [0.3, 0.4) is 0 Å². The molecule has 6 nitrogen and oxygen atoms in total. The summed E-state index contributed by atoms with van der Waals surface area (Å²) in [6, 6.07) is 15.6. The van der Waals surface area contributed by atoms with Crippen LogP contribution in [-0.4, -0.2) is 34.0 Å². The summed E-state index contributed by atoms with van der Waals surface area (Å²) >= 11 is 0. The molecule has 134 valence electrons. The van der Waals surface area contributed by atoms with E-state index in [1.807, 2.05) is 37.3 Å². The highest BCUT2D eigenvalue weighted by Gasteiger charge is 2.13. The molecule has 0 spiro atoms. The number of nitrogens with one attached hydrogen (secondary N) is 2. The van der Waals surface area contributed by atoms with Crippen LogP contribution >= 0.6 is 0 Å². The molecule has 2 aromatic rings. The number of carbonyl (C=O) groups excluding carboxylic acids is 1. The molecule has 25 heavy (non-hydrogen) atoms. The maximum atomic E-state index is 12.3. The lowest BCUT2D eigenvalue weighted by molar-refractivity contribution is -0.122. The molecule has 7 heteroatoms. The molecule has 2 aromatic carbocycles. The molecule has 0 bridgehead atoms. The van der Waals surface area contributed by atoms with Gasteiger partial charge in [-0.1, -0.05) is 30.3 Å². The van der Waals surface area contributed by atoms with Crippen molar-refractivity contribution in [2.24, 2.45) is 0 Å². The molecule has 0 aliphatic heterocycles. The van der Waals surface area contributed by atoms with E-state index in [0.29, 0.717) is 25.3 Å². The fourth-order valence-electron chi connectivity index (χ4n) is 2.17. The van der Waals surface area contributed by atoms with Gasteiger partial charge in [-0.3, -0.25) is 4.79 Å². The minimum absolute atomic E-state index is 0.102. The fraction of sp³-hybridized carbons (Fsp3) is 0.278. The van der Waals surface area contributed by atoms with Crippen LogP contribution in [-0.2, 0) is 21.2 Å². The van der Waals surface area contributed by atoms with Gasteiger partial charge in [0, 0.05) is 13.1 Å². The SMILES string of the molecule is CCNC(=O)COc1ccc(S(=O)(=O)NCCc2ccccc2)cc1. The van der Waals surface area contributed by atoms with Gasteiger partial charge in [0.2, 0.25) is 10.0 Å². The number of benzene rings is 2. The van der Waals surface area contributed by atoms with E-state index in [9.17, 15) is 13.2 Å². The van der Waals surface area contributed by atoms with Crippen LogP contribution in [0.1, 0.15) is 12.5 Å². The lowest BCUT2D eigenvalue weighted by Crippen LogP contribution is -2.28. The van der Waals surface area contributed by atoms with E-state index in [1.54, 1.807) is 0 Å². The van der Waals surface area contributed by atoms with Crippen LogP contribution < -0.4 is 14.8 Å². The van der Waals surface area contributed by atoms with E-state index in [-0.39, 0.29) is 17.4 Å². The molecule has 0 aliphatic carbocycles. The van der Waals surface area contributed by atoms with Gasteiger partial charge in [-0.15, -0.1) is 0 Å². The molecule has 0 heterocycles. The molecule has 0 saturated carbocycles. The second-order valence-electron chi connectivity index (χ2n) is 5.35. The Morgan fingerprint density at radius 2 is 1.72 bits per heavy atom. The first kappa shape index (κ1) is 19.0. The zero-order valence-electron chi connectivity index (χ0n) is 14.1. The maximum Gasteiger partial charge on any atom is 0.257 e. The minimum Gasteiger partial charge on any atom is -0.484 e. The van der Waals surface area contributed by atoms with Gasteiger partial charge in [-0.2, -0.15) is 0 Å². The van der Waals surface area contributed by atoms with Gasteiger partial charge in [0.25, 0.3) is 5.91 Å². The summed E-state index contributed by atoms with van der Waals surface area (Å²) in [5, 5.41) is 2.62. The average Bonchev–Trinajstić information content (AvgIpc) is 2.61. The van der Waals surface area contributed by atoms with Gasteiger partial charge < -0.3 is 10.1 Å². The van der Waals surface area contributed by atoms with Crippen molar-refractivity contribution in [3.63, 3.8) is 0 Å². The smallest absolute Gasteiger partial charge is 0.257 e. The van der Waals surface area contributed by atoms with Gasteiger partial charge in [0.15, 0.2) is 6.61 Å². The molecule has 0 aromatic heterocycles. The highest BCUT2D eigenvalue weighted by molar-refractivity contribution is 7.89. The summed E-state index contributed by atoms with van der Waals surface area (Å²) in [5.74, 6) is 0.219. The zero-order valence-corrected chi connectivity index (χ0v) is 14.9. The van der Waals surface area contributed by atoms with Crippen LogP contribution in [0.15, 0.2) is 59.5 Å². The summed E-state index contributed by atoms with van der Waals surface area (Å²) in [4.78, 5) is 11.5. The van der Waals surface area contributed by atoms with Gasteiger partial charge in [-0.05, 0) is 43.2 Å². The van der Waals surface area contributed by atoms with E-state index in [2.05, 4.69) is 10.0 Å². The average molecular weight is 362 g/mol. The number of amides is 1. The number of rotatable bonds is 9. The van der Waals surface area contributed by atoms with Crippen molar-refractivity contribution in [2.45, 2.75) is 18.2 Å². The van der Waals surface area contributed by atoms with Crippen molar-refractivity contribution >= 4 is 15.9 Å². The van der Waals surface area contributed by atoms with Gasteiger partial charge in [0.1, 0.15) is 5.75 Å². The first-order chi connectivity index (χ1) is 12.0. The van der Waals surface area contributed by atoms with E-state index >= 15 is 0 Å². The summed E-state index contributed by atoms with van der Waals surface area (Å²) in [6.45, 7) is 2.58. The third-order valence-corrected chi connectivity index (χ3v) is 4.90. The predicted octanol–water partition coefficient (Wildman–Crippen LogP) is 1.72. The molecule has 0 aliphatic rings. The van der Waals surface area contributed by atoms with Crippen LogP contribution in [0.2, 0.25) is 0 Å². The highest BCUT2D eigenvalue weighted by atomic mass is 32.2. The molecular formula is C18H22N2O4S. The third-order valence-electron chi connectivity index (χ3n) is 3.43. The molecular weight excluding hydrogens is 340 g/mol. The molecule has 0 atom stereocenters. The van der Waals surface area contributed by atoms with Gasteiger partial charge in [0.05, 0.1) is 4.90 Å². The summed E-state index contributed by atoms with van der Waals surface area (Å²) in [6.07, 6.45) is 0.619. The Kier molecular flexibility index (Phi) is 6.97. The number of ether oxygens (including phenoxy) is 1. The van der Waals surface area contributed by atoms with E-state index < -0.39 is 10.0 Å². The Balaban J connectivity index is 1.87. The quantitative estimate of drug-likeness (QED) is 0.711. The lowest BCUT2D eigenvalue weighted by Gasteiger charge is -2.09. The number of hydrogen-bond acceptors (Lipinski definition) is 4. The monoisotopic (exact) mass is 362 g/mol. The second-order valence-corrected chi connectivity index (χ2v) is 7.11. The molecule has 1 amide bonds. The van der Waals surface area contributed by atoms with Crippen molar-refractivity contribution in [3.8, 4) is 5.75 Å². The molecule has 0 saturated heterocycles. The van der Waals surface area contributed by atoms with Crippen molar-refractivity contribution in [1.82, 2.24) is 10.0 Å². The number of likely N-dealkylation sites (N-methyl/N-ethyl adjacent to an activating group) is 1. The molecule has 0 radical (unpaired) electrons. The number of hydrogen-bond donors (Lipinski definition) is 2. The van der Waals surface area contributed by atoms with Crippen molar-refractivity contribution < 1.29 is 17.9 Å². The van der Waals surface area contributed by atoms with E-state index in [0.717, 1.165) is 5.56 Å². The molecule has 0 fully saturated rings. The van der Waals surface area contributed by atoms with E-state index in [4.69, 9.17) is 4.74 Å². The van der Waals surface area contributed by atoms with E-state index in [1.165, 1.54) is 24.3 Å². The standard InChI is InChI=1S/C18H22N2O4S/c1-2-19-18(21)14-24-16-8-10-17(11-9-16)25(22,23)20-13-12-15-6-4-3-5-7-15/h3-11,20H,2,12-14H2,1H3,(H,19,21). The second kappa shape index (κ2) is 9.19. The van der Waals surface area contributed by atoms with Crippen molar-refractivity contribution in [2.75, 3.05) is 19.7 Å². The summed E-state index contributed by atoms with van der Waals surface area (Å²) < 4.78 is 32.4. The largest absolute Gasteiger partial charge is 0.484 e. The van der Waals surface area contributed by atoms with Crippen molar-refractivity contribution in [3.05, 3.63) is 60.2 Å². The first-order valence-electron chi connectivity index (χ1n) is 8.04. The molecule has 0 unspecified atom stereocenters. The lowest BCUT2D eigenvalue weighted by atomic mass is 10.2. The first-order valence-corrected chi connectivity index (χ1v) is 9.53. The van der Waals surface area contributed by atoms with Crippen LogP contribution in [0, 0.1) is 0 Å². The van der Waals surface area contributed by atoms with Crippen LogP contribution in [0.25, 0.3) is 0 Å². The summed E-state index contributed by atoms with van der Waals surface area (Å²) in [5.41, 5.74) is 1.07. The maximum absolute atomic E-state index is 12.3. The Bertz CT molecular complexity index is 774. The predicted molar refractivity (Wildman–Crippen MR) is 96.0 cm³/mol. The Hall–Kier alpha value is -2.38. The third kappa shape index (κ3) is 6.21. The Morgan fingerprint density at radius 1 is 1.04 bits per heavy atom. The summed E-state index contributed by atoms with van der Waals surface area (Å²) in [7, 11) is -3.57. The molecule has 2 rings (SSSR count).